The lowest BCUT2D eigenvalue weighted by atomic mass is 10.2. The van der Waals surface area contributed by atoms with Crippen molar-refractivity contribution in [1.82, 2.24) is 5.16 Å². The number of carbonyl (C=O) groups is 2. The highest BCUT2D eigenvalue weighted by Gasteiger charge is 2.20. The molecule has 0 atom stereocenters. The third kappa shape index (κ3) is 4.77. The minimum Gasteiger partial charge on any atom is -0.487 e. The summed E-state index contributed by atoms with van der Waals surface area (Å²) in [6.45, 7) is 3.00. The second-order valence-corrected chi connectivity index (χ2v) is 4.82. The lowest BCUT2D eigenvalue weighted by molar-refractivity contribution is -0.385. The zero-order chi connectivity index (χ0) is 18.4. The van der Waals surface area contributed by atoms with Gasteiger partial charge in [0.2, 0.25) is 0 Å². The van der Waals surface area contributed by atoms with Crippen molar-refractivity contribution in [1.29, 1.82) is 0 Å². The number of esters is 1. The molecule has 0 unspecified atom stereocenters. The van der Waals surface area contributed by atoms with Crippen LogP contribution in [0.3, 0.4) is 0 Å². The Morgan fingerprint density at radius 1 is 1.36 bits per heavy atom. The lowest BCUT2D eigenvalue weighted by Gasteiger charge is -2.07. The van der Waals surface area contributed by atoms with E-state index in [1.165, 1.54) is 18.2 Å². The molecule has 10 nitrogen and oxygen atoms in total. The predicted molar refractivity (Wildman–Crippen MR) is 84.4 cm³/mol. The van der Waals surface area contributed by atoms with Gasteiger partial charge in [-0.2, -0.15) is 0 Å². The molecule has 1 aromatic carbocycles. The largest absolute Gasteiger partial charge is 0.487 e. The van der Waals surface area contributed by atoms with E-state index in [1.807, 2.05) is 0 Å². The number of nitro benzene ring substituents is 1. The van der Waals surface area contributed by atoms with Gasteiger partial charge in [-0.1, -0.05) is 5.16 Å². The van der Waals surface area contributed by atoms with Gasteiger partial charge in [0.25, 0.3) is 5.91 Å². The van der Waals surface area contributed by atoms with Crippen molar-refractivity contribution >= 4 is 23.4 Å². The molecule has 1 N–H and O–H groups in total. The van der Waals surface area contributed by atoms with Crippen molar-refractivity contribution in [2.24, 2.45) is 0 Å². The number of hydrogen-bond donors (Lipinski definition) is 1. The number of carbonyl (C=O) groups excluding carboxylic acids is 2. The van der Waals surface area contributed by atoms with Gasteiger partial charge >= 0.3 is 11.7 Å². The van der Waals surface area contributed by atoms with E-state index in [9.17, 15) is 19.7 Å². The molecule has 0 fully saturated rings. The van der Waals surface area contributed by atoms with Crippen LogP contribution in [0, 0.1) is 17.0 Å². The standard InChI is InChI=1S/C15H15N3O7/c1-3-23-12-5-4-10(7-11(12)18(21)22)15(20)24-8-14(19)16-13-6-9(2)25-17-13/h4-7H,3,8H2,1-2H3,(H,16,17,19). The summed E-state index contributed by atoms with van der Waals surface area (Å²) in [5.74, 6) is -0.757. The molecule has 0 radical (unpaired) electrons. The summed E-state index contributed by atoms with van der Waals surface area (Å²) in [5, 5.41) is 17.0. The number of anilines is 1. The van der Waals surface area contributed by atoms with Gasteiger partial charge in [-0.05, 0) is 26.0 Å². The summed E-state index contributed by atoms with van der Waals surface area (Å²) in [7, 11) is 0. The second-order valence-electron chi connectivity index (χ2n) is 4.82. The summed E-state index contributed by atoms with van der Waals surface area (Å²) >= 11 is 0. The number of nitro groups is 1. The molecule has 25 heavy (non-hydrogen) atoms. The Morgan fingerprint density at radius 3 is 2.72 bits per heavy atom. The van der Waals surface area contributed by atoms with Crippen LogP contribution in [0.1, 0.15) is 23.0 Å². The third-order valence-electron chi connectivity index (χ3n) is 2.92. The summed E-state index contributed by atoms with van der Waals surface area (Å²) < 4.78 is 14.7. The molecule has 1 aromatic heterocycles. The normalized spacial score (nSPS) is 10.2. The Kier molecular flexibility index (Phi) is 5.66. The van der Waals surface area contributed by atoms with Crippen molar-refractivity contribution in [3.8, 4) is 5.75 Å². The van der Waals surface area contributed by atoms with Crippen LogP contribution in [-0.2, 0) is 9.53 Å². The van der Waals surface area contributed by atoms with Crippen molar-refractivity contribution in [2.45, 2.75) is 13.8 Å². The molecule has 0 spiro atoms. The maximum atomic E-state index is 11.9. The number of aromatic nitrogens is 1. The number of rotatable bonds is 7. The van der Waals surface area contributed by atoms with E-state index < -0.39 is 23.4 Å². The highest BCUT2D eigenvalue weighted by molar-refractivity contribution is 5.95. The lowest BCUT2D eigenvalue weighted by Crippen LogP contribution is -2.21. The molecular formula is C15H15N3O7. The Hall–Kier alpha value is -3.43. The first-order valence-corrected chi connectivity index (χ1v) is 7.22. The second kappa shape index (κ2) is 7.90. The van der Waals surface area contributed by atoms with Crippen molar-refractivity contribution in [2.75, 3.05) is 18.5 Å². The fourth-order valence-electron chi connectivity index (χ4n) is 1.88. The number of hydrogen-bond acceptors (Lipinski definition) is 8. The maximum Gasteiger partial charge on any atom is 0.338 e. The summed E-state index contributed by atoms with van der Waals surface area (Å²) in [6.07, 6.45) is 0. The number of aryl methyl sites for hydroxylation is 1. The zero-order valence-corrected chi connectivity index (χ0v) is 13.5. The Labute approximate surface area is 141 Å². The minimum absolute atomic E-state index is 0.0446. The van der Waals surface area contributed by atoms with Crippen LogP contribution in [0.15, 0.2) is 28.8 Å². The van der Waals surface area contributed by atoms with Crippen LogP contribution in [0.2, 0.25) is 0 Å². The number of ether oxygens (including phenoxy) is 2. The van der Waals surface area contributed by atoms with Gasteiger partial charge in [-0.25, -0.2) is 4.79 Å². The molecule has 0 aliphatic carbocycles. The third-order valence-corrected chi connectivity index (χ3v) is 2.92. The monoisotopic (exact) mass is 349 g/mol. The summed E-state index contributed by atoms with van der Waals surface area (Å²) in [6, 6.07) is 5.15. The van der Waals surface area contributed by atoms with Gasteiger partial charge < -0.3 is 19.3 Å². The first kappa shape index (κ1) is 17.9. The van der Waals surface area contributed by atoms with Gasteiger partial charge in [0.15, 0.2) is 18.2 Å². The quantitative estimate of drug-likeness (QED) is 0.456. The summed E-state index contributed by atoms with van der Waals surface area (Å²) in [5.41, 5.74) is -0.431. The Morgan fingerprint density at radius 2 is 2.12 bits per heavy atom. The van der Waals surface area contributed by atoms with Crippen molar-refractivity contribution in [3.05, 3.63) is 45.7 Å². The molecule has 2 rings (SSSR count). The molecule has 1 amide bonds. The van der Waals surface area contributed by atoms with Crippen molar-refractivity contribution in [3.63, 3.8) is 0 Å². The van der Waals surface area contributed by atoms with Crippen LogP contribution in [0.5, 0.6) is 5.75 Å². The number of benzene rings is 1. The van der Waals surface area contributed by atoms with Gasteiger partial charge in [0, 0.05) is 12.1 Å². The Balaban J connectivity index is 1.99. The fourth-order valence-corrected chi connectivity index (χ4v) is 1.88. The smallest absolute Gasteiger partial charge is 0.338 e. The van der Waals surface area contributed by atoms with E-state index >= 15 is 0 Å². The van der Waals surface area contributed by atoms with Gasteiger partial charge in [-0.15, -0.1) is 0 Å². The van der Waals surface area contributed by atoms with Crippen LogP contribution >= 0.6 is 0 Å². The molecule has 2 aromatic rings. The minimum atomic E-state index is -0.877. The molecule has 10 heteroatoms. The van der Waals surface area contributed by atoms with E-state index in [0.29, 0.717) is 5.76 Å². The molecule has 0 bridgehead atoms. The van der Waals surface area contributed by atoms with Gasteiger partial charge in [-0.3, -0.25) is 14.9 Å². The molecule has 0 aliphatic heterocycles. The molecule has 0 saturated heterocycles. The first-order valence-electron chi connectivity index (χ1n) is 7.22. The molecule has 132 valence electrons. The first-order chi connectivity index (χ1) is 11.9. The number of nitrogens with zero attached hydrogens (tertiary/aromatic N) is 2. The van der Waals surface area contributed by atoms with E-state index in [2.05, 4.69) is 10.5 Å². The molecule has 0 saturated carbocycles. The maximum absolute atomic E-state index is 11.9. The summed E-state index contributed by atoms with van der Waals surface area (Å²) in [4.78, 5) is 34.0. The van der Waals surface area contributed by atoms with Crippen LogP contribution in [0.4, 0.5) is 11.5 Å². The Bertz CT molecular complexity index is 800. The van der Waals surface area contributed by atoms with E-state index in [-0.39, 0.29) is 29.4 Å². The van der Waals surface area contributed by atoms with Gasteiger partial charge in [0.1, 0.15) is 5.76 Å². The topological polar surface area (TPSA) is 134 Å². The highest BCUT2D eigenvalue weighted by atomic mass is 16.6. The van der Waals surface area contributed by atoms with Crippen LogP contribution in [0.25, 0.3) is 0 Å². The van der Waals surface area contributed by atoms with E-state index in [1.54, 1.807) is 13.8 Å². The van der Waals surface area contributed by atoms with E-state index in [0.717, 1.165) is 6.07 Å². The molecule has 0 aliphatic rings. The molecular weight excluding hydrogens is 334 g/mol. The average Bonchev–Trinajstić information content (AvgIpc) is 2.98. The zero-order valence-electron chi connectivity index (χ0n) is 13.5. The highest BCUT2D eigenvalue weighted by Crippen LogP contribution is 2.28. The average molecular weight is 349 g/mol. The van der Waals surface area contributed by atoms with Crippen molar-refractivity contribution < 1.29 is 28.5 Å². The predicted octanol–water partition coefficient (Wildman–Crippen LogP) is 2.09. The van der Waals surface area contributed by atoms with Crippen LogP contribution < -0.4 is 10.1 Å². The van der Waals surface area contributed by atoms with Crippen LogP contribution in [-0.4, -0.2) is 35.2 Å². The number of nitrogens with one attached hydrogen (secondary N) is 1. The van der Waals surface area contributed by atoms with Gasteiger partial charge in [0.05, 0.1) is 17.1 Å². The SMILES string of the molecule is CCOc1ccc(C(=O)OCC(=O)Nc2cc(C)on2)cc1[N+](=O)[O-]. The number of amides is 1. The fraction of sp³-hybridized carbons (Fsp3) is 0.267. The molecule has 1 heterocycles. The van der Waals surface area contributed by atoms with E-state index in [4.69, 9.17) is 14.0 Å².